The van der Waals surface area contributed by atoms with Gasteiger partial charge in [-0.05, 0) is 43.9 Å². The molecule has 1 saturated carbocycles. The summed E-state index contributed by atoms with van der Waals surface area (Å²) in [7, 11) is 0. The van der Waals surface area contributed by atoms with E-state index in [0.29, 0.717) is 6.54 Å². The molecule has 1 saturated heterocycles. The van der Waals surface area contributed by atoms with E-state index in [-0.39, 0.29) is 23.7 Å². The number of hydrogen-bond donors (Lipinski definition) is 2. The van der Waals surface area contributed by atoms with Crippen molar-refractivity contribution in [1.82, 2.24) is 4.90 Å². The number of nitrogens with one attached hydrogen (secondary N) is 1. The zero-order valence-electron chi connectivity index (χ0n) is 14.2. The highest BCUT2D eigenvalue weighted by Crippen LogP contribution is 2.27. The second-order valence-corrected chi connectivity index (χ2v) is 7.10. The summed E-state index contributed by atoms with van der Waals surface area (Å²) in [4.78, 5) is 26.1. The van der Waals surface area contributed by atoms with Gasteiger partial charge in [0.2, 0.25) is 11.8 Å². The smallest absolute Gasteiger partial charge is 0.227 e. The van der Waals surface area contributed by atoms with E-state index in [2.05, 4.69) is 16.3 Å². The Labute approximate surface area is 143 Å². The Morgan fingerprint density at radius 2 is 1.79 bits per heavy atom. The average molecular weight is 329 g/mol. The molecule has 5 heteroatoms. The highest BCUT2D eigenvalue weighted by Gasteiger charge is 2.25. The van der Waals surface area contributed by atoms with E-state index >= 15 is 0 Å². The van der Waals surface area contributed by atoms with Crippen LogP contribution in [0.1, 0.15) is 44.1 Å². The molecule has 130 valence electrons. The van der Waals surface area contributed by atoms with E-state index < -0.39 is 0 Å². The fourth-order valence-corrected chi connectivity index (χ4v) is 3.88. The number of likely N-dealkylation sites (tertiary alicyclic amines) is 1. The van der Waals surface area contributed by atoms with Gasteiger partial charge in [0.15, 0.2) is 0 Å². The number of carbonyl (C=O) groups excluding carboxylic acids is 2. The van der Waals surface area contributed by atoms with Crippen LogP contribution in [0.25, 0.3) is 0 Å². The number of nitrogens with two attached hydrogens (primary N) is 1. The van der Waals surface area contributed by atoms with Gasteiger partial charge in [0, 0.05) is 24.7 Å². The van der Waals surface area contributed by atoms with Crippen molar-refractivity contribution >= 4 is 17.5 Å². The van der Waals surface area contributed by atoms with Gasteiger partial charge in [0.25, 0.3) is 0 Å². The summed E-state index contributed by atoms with van der Waals surface area (Å²) in [5.74, 6) is 0.0439. The number of carbonyl (C=O) groups is 2. The third-order valence-corrected chi connectivity index (χ3v) is 5.30. The Hall–Kier alpha value is -1.88. The molecular weight excluding hydrogens is 302 g/mol. The molecule has 0 spiro atoms. The van der Waals surface area contributed by atoms with E-state index in [9.17, 15) is 9.59 Å². The first-order valence-electron chi connectivity index (χ1n) is 9.04. The van der Waals surface area contributed by atoms with Crippen molar-refractivity contribution in [3.8, 4) is 0 Å². The summed E-state index contributed by atoms with van der Waals surface area (Å²) in [5.41, 5.74) is 7.47. The molecule has 0 bridgehead atoms. The van der Waals surface area contributed by atoms with Gasteiger partial charge in [-0.2, -0.15) is 0 Å². The second-order valence-electron chi connectivity index (χ2n) is 7.10. The number of hydrogen-bond acceptors (Lipinski definition) is 3. The Morgan fingerprint density at radius 1 is 1.08 bits per heavy atom. The summed E-state index contributed by atoms with van der Waals surface area (Å²) >= 11 is 0. The van der Waals surface area contributed by atoms with Crippen molar-refractivity contribution in [2.45, 2.75) is 45.1 Å². The van der Waals surface area contributed by atoms with Crippen molar-refractivity contribution < 1.29 is 9.59 Å². The molecule has 1 aliphatic heterocycles. The maximum Gasteiger partial charge on any atom is 0.227 e. The van der Waals surface area contributed by atoms with Crippen LogP contribution < -0.4 is 11.1 Å². The van der Waals surface area contributed by atoms with Gasteiger partial charge in [-0.3, -0.25) is 14.5 Å². The van der Waals surface area contributed by atoms with E-state index in [1.165, 1.54) is 0 Å². The number of nitrogens with zero attached hydrogens (tertiary/aromatic N) is 1. The zero-order valence-corrected chi connectivity index (χ0v) is 14.2. The van der Waals surface area contributed by atoms with Crippen LogP contribution in [0.2, 0.25) is 0 Å². The van der Waals surface area contributed by atoms with Crippen molar-refractivity contribution in [1.29, 1.82) is 0 Å². The first-order valence-corrected chi connectivity index (χ1v) is 9.04. The SMILES string of the molecule is NC(=O)[C@@H]1CCCN(Cc2ccccc2NC(=O)C2CCCC2)C1. The highest BCUT2D eigenvalue weighted by molar-refractivity contribution is 5.93. The summed E-state index contributed by atoms with van der Waals surface area (Å²) in [5, 5.41) is 3.12. The van der Waals surface area contributed by atoms with Crippen LogP contribution in [0.3, 0.4) is 0 Å². The predicted molar refractivity (Wildman–Crippen MR) is 94.2 cm³/mol. The first kappa shape index (κ1) is 17.0. The molecule has 1 aromatic carbocycles. The molecule has 5 nitrogen and oxygen atoms in total. The van der Waals surface area contributed by atoms with E-state index in [1.54, 1.807) is 0 Å². The largest absolute Gasteiger partial charge is 0.369 e. The van der Waals surface area contributed by atoms with Gasteiger partial charge in [-0.1, -0.05) is 31.0 Å². The molecule has 24 heavy (non-hydrogen) atoms. The van der Waals surface area contributed by atoms with Crippen LogP contribution in [0.4, 0.5) is 5.69 Å². The topological polar surface area (TPSA) is 75.4 Å². The molecule has 0 unspecified atom stereocenters. The van der Waals surface area contributed by atoms with Crippen LogP contribution >= 0.6 is 0 Å². The predicted octanol–water partition coefficient (Wildman–Crippen LogP) is 2.51. The van der Waals surface area contributed by atoms with Crippen LogP contribution in [0.15, 0.2) is 24.3 Å². The minimum Gasteiger partial charge on any atom is -0.369 e. The Bertz CT molecular complexity index is 596. The Kier molecular flexibility index (Phi) is 5.51. The minimum absolute atomic E-state index is 0.0565. The lowest BCUT2D eigenvalue weighted by Gasteiger charge is -2.31. The van der Waals surface area contributed by atoms with Crippen LogP contribution in [0, 0.1) is 11.8 Å². The van der Waals surface area contributed by atoms with E-state index in [0.717, 1.165) is 62.9 Å². The summed E-state index contributed by atoms with van der Waals surface area (Å²) in [6.45, 7) is 2.42. The summed E-state index contributed by atoms with van der Waals surface area (Å²) in [6.07, 6.45) is 6.18. The van der Waals surface area contributed by atoms with Crippen LogP contribution in [0.5, 0.6) is 0 Å². The fourth-order valence-electron chi connectivity index (χ4n) is 3.88. The van der Waals surface area contributed by atoms with Crippen LogP contribution in [-0.4, -0.2) is 29.8 Å². The molecule has 1 atom stereocenters. The number of anilines is 1. The molecule has 1 heterocycles. The number of benzene rings is 1. The molecule has 3 N–H and O–H groups in total. The van der Waals surface area contributed by atoms with Gasteiger partial charge in [-0.15, -0.1) is 0 Å². The quantitative estimate of drug-likeness (QED) is 0.871. The van der Waals surface area contributed by atoms with Gasteiger partial charge in [-0.25, -0.2) is 0 Å². The molecule has 1 aromatic rings. The molecule has 2 amide bonds. The molecule has 3 rings (SSSR count). The van der Waals surface area contributed by atoms with Crippen molar-refractivity contribution in [2.75, 3.05) is 18.4 Å². The zero-order chi connectivity index (χ0) is 16.9. The summed E-state index contributed by atoms with van der Waals surface area (Å²) in [6, 6.07) is 7.97. The first-order chi connectivity index (χ1) is 11.6. The monoisotopic (exact) mass is 329 g/mol. The lowest BCUT2D eigenvalue weighted by atomic mass is 9.97. The van der Waals surface area contributed by atoms with Crippen molar-refractivity contribution in [2.24, 2.45) is 17.6 Å². The number of amides is 2. The highest BCUT2D eigenvalue weighted by atomic mass is 16.2. The second kappa shape index (κ2) is 7.79. The van der Waals surface area contributed by atoms with E-state index in [1.807, 2.05) is 18.2 Å². The van der Waals surface area contributed by atoms with Crippen molar-refractivity contribution in [3.63, 3.8) is 0 Å². The molecule has 2 fully saturated rings. The van der Waals surface area contributed by atoms with Gasteiger partial charge in [0.1, 0.15) is 0 Å². The summed E-state index contributed by atoms with van der Waals surface area (Å²) < 4.78 is 0. The minimum atomic E-state index is -0.206. The fraction of sp³-hybridized carbons (Fsp3) is 0.579. The number of primary amides is 1. The van der Waals surface area contributed by atoms with Gasteiger partial charge in [0.05, 0.1) is 5.92 Å². The number of rotatable bonds is 5. The maximum absolute atomic E-state index is 12.4. The number of para-hydroxylation sites is 1. The Balaban J connectivity index is 1.65. The third-order valence-electron chi connectivity index (χ3n) is 5.30. The molecular formula is C19H27N3O2. The molecule has 0 aromatic heterocycles. The third kappa shape index (κ3) is 4.15. The van der Waals surface area contributed by atoms with E-state index in [4.69, 9.17) is 5.73 Å². The normalized spacial score (nSPS) is 22.4. The van der Waals surface area contributed by atoms with Crippen LogP contribution in [-0.2, 0) is 16.1 Å². The lowest BCUT2D eigenvalue weighted by molar-refractivity contribution is -0.123. The molecule has 1 aliphatic carbocycles. The van der Waals surface area contributed by atoms with Gasteiger partial charge >= 0.3 is 0 Å². The standard InChI is InChI=1S/C19H27N3O2/c20-18(23)16-9-5-11-22(13-16)12-15-8-3-4-10-17(15)21-19(24)14-6-1-2-7-14/h3-4,8,10,14,16H,1-2,5-7,9,11-13H2,(H2,20,23)(H,21,24)/t16-/m1/s1. The average Bonchev–Trinajstić information content (AvgIpc) is 3.11. The Morgan fingerprint density at radius 3 is 2.54 bits per heavy atom. The molecule has 0 radical (unpaired) electrons. The van der Waals surface area contributed by atoms with Crippen molar-refractivity contribution in [3.05, 3.63) is 29.8 Å². The molecule has 2 aliphatic rings. The maximum atomic E-state index is 12.4. The number of piperidine rings is 1. The van der Waals surface area contributed by atoms with Gasteiger partial charge < -0.3 is 11.1 Å². The lowest BCUT2D eigenvalue weighted by Crippen LogP contribution is -2.40.